The fraction of sp³-hybridized carbons (Fsp3) is 0.682. The van der Waals surface area contributed by atoms with Crippen LogP contribution in [0.1, 0.15) is 356 Å². The largest absolute Gasteiger partial charge is 3.00 e. The number of nitrogens with zero attached hydrogens (tertiary/aromatic N) is 6. The van der Waals surface area contributed by atoms with Crippen LogP contribution >= 0.6 is 0 Å². The smallest absolute Gasteiger partial charge is 0.500 e. The fourth-order valence-electron chi connectivity index (χ4n) is 6.68. The Balaban J connectivity index is -0.0000000132. The third kappa shape index (κ3) is 138. The molecule has 0 aliphatic rings. The van der Waals surface area contributed by atoms with Gasteiger partial charge in [0, 0.05) is 312 Å². The summed E-state index contributed by atoms with van der Waals surface area (Å²) in [6.45, 7) is 77.7. The van der Waals surface area contributed by atoms with E-state index in [4.69, 9.17) is 8.83 Å². The van der Waals surface area contributed by atoms with E-state index in [9.17, 15) is 0 Å². The summed E-state index contributed by atoms with van der Waals surface area (Å²) in [6, 6.07) is 6.24. The Hall–Kier alpha value is 9.31. The molecule has 0 aromatic carbocycles. The maximum absolute atomic E-state index is 5.56. The van der Waals surface area contributed by atoms with E-state index >= 15 is 0 Å². The molecule has 0 unspecified atom stereocenters. The Bertz CT molecular complexity index is 1990. The molecule has 5 aromatic rings. The van der Waals surface area contributed by atoms with Crippen molar-refractivity contribution in [2.24, 2.45) is 58.9 Å². The van der Waals surface area contributed by atoms with Gasteiger partial charge >= 0.3 is 143 Å². The Kier molecular flexibility index (Phi) is 444. The number of hydrogen-bond donors (Lipinski definition) is 0. The number of hydrogen-bond acceptors (Lipinski definition) is 2. The van der Waals surface area contributed by atoms with E-state index in [1.807, 2.05) is 80.9 Å². The second-order valence-corrected chi connectivity index (χ2v) is 20.5. The minimum atomic E-state index is 0. The molecule has 5 rings (SSSR count). The Morgan fingerprint density at radius 2 is 0.639 bits per heavy atom. The standard InChI is InChI=1S/C13H18N2.C10H19N2.C10H17NO.C9H16NO.2C4H10.4C3H8.4C2H6.8CH4.10CH3.12Y/c1-10(2)9-13-14(4)11(3)12-7-5-6-8-15(12)13;1-6-9-8(3)11(4)10(7-2)12(9)5;1-7(2)6-10-11(5)8(3)9(4)12-10;1-5-8-7(3)11-9(6-2)10(8)4;2*1-4(2)3;4*1-3-2;4*1-2;;;;;;;;;;;;;;;;;;;;;;;;;;;;;;/h5-8,10H,3,9H2,1-2,4H3;6-7H2,1-5H3;7H,3,6H2,1-2,4-5H3;5-6H2,1-4H3;2*4H,1-3H3;4*3H2,1-2H3;4*1-2H3;8*1H4;10*1H3;;;;;;;;;;;;/q;+1;;+1;;;;;;;;;;;;;;;;;;;10*-1;;;;;;;;;4*+3. The molecule has 8 nitrogen and oxygen atoms in total. The minimum absolute atomic E-state index is 0. The van der Waals surface area contributed by atoms with Crippen LogP contribution in [0.3, 0.4) is 0 Å². The number of rotatable bonds is 8. The average molecular weight is 2450 g/mol. The molecule has 0 bridgehead atoms. The first-order valence-corrected chi connectivity index (χ1v) is 31.7. The van der Waals surface area contributed by atoms with Crippen molar-refractivity contribution < 1.29 is 419 Å². The van der Waals surface area contributed by atoms with Crippen LogP contribution < -0.4 is 18.1 Å². The van der Waals surface area contributed by atoms with Gasteiger partial charge in [-0.25, -0.2) is 9.13 Å². The van der Waals surface area contributed by atoms with Gasteiger partial charge in [-0.2, -0.15) is 23.0 Å². The molecule has 0 aliphatic carbocycles. The number of imidazole rings is 2. The van der Waals surface area contributed by atoms with Gasteiger partial charge in [0.15, 0.2) is 5.76 Å². The quantitative estimate of drug-likeness (QED) is 0.115. The molecular formula is C88H208N6O2Y12+4. The van der Waals surface area contributed by atoms with Crippen molar-refractivity contribution in [3.63, 3.8) is 0 Å². The van der Waals surface area contributed by atoms with Crippen LogP contribution in [0.5, 0.6) is 0 Å². The van der Waals surface area contributed by atoms with Crippen LogP contribution in [0.15, 0.2) is 33.2 Å². The summed E-state index contributed by atoms with van der Waals surface area (Å²) in [6.07, 6.45) is 13.4. The van der Waals surface area contributed by atoms with Crippen LogP contribution in [0, 0.1) is 133 Å². The maximum Gasteiger partial charge on any atom is 3.00 e. The summed E-state index contributed by atoms with van der Waals surface area (Å²) >= 11 is 0. The average Bonchev–Trinajstić information content (AvgIpc) is 1.73. The van der Waals surface area contributed by atoms with Gasteiger partial charge in [-0.15, -0.1) is 0 Å². The molecule has 20 heteroatoms. The summed E-state index contributed by atoms with van der Waals surface area (Å²) in [4.78, 5) is 0. The molecule has 0 N–H and O–H groups in total. The summed E-state index contributed by atoms with van der Waals surface area (Å²) in [5, 5.41) is 0. The monoisotopic (exact) mass is 2450 g/mol. The maximum atomic E-state index is 5.56. The molecular weight excluding hydrogens is 2240 g/mol. The van der Waals surface area contributed by atoms with Crippen LogP contribution in [-0.2, 0) is 466 Å². The van der Waals surface area contributed by atoms with Crippen molar-refractivity contribution in [2.45, 2.75) is 352 Å². The van der Waals surface area contributed by atoms with Gasteiger partial charge < -0.3 is 83.1 Å². The predicted molar refractivity (Wildman–Crippen MR) is 471 cm³/mol. The van der Waals surface area contributed by atoms with Gasteiger partial charge in [0.05, 0.1) is 52.3 Å². The van der Waals surface area contributed by atoms with Crippen molar-refractivity contribution in [2.75, 3.05) is 0 Å². The van der Waals surface area contributed by atoms with Crippen LogP contribution in [0.2, 0.25) is 0 Å². The molecule has 5 heterocycles. The van der Waals surface area contributed by atoms with E-state index in [2.05, 4.69) is 248 Å². The van der Waals surface area contributed by atoms with Gasteiger partial charge in [-0.05, 0) is 29.7 Å². The van der Waals surface area contributed by atoms with Crippen molar-refractivity contribution in [1.82, 2.24) is 9.13 Å². The van der Waals surface area contributed by atoms with Gasteiger partial charge in [-0.1, -0.05) is 312 Å². The zero-order chi connectivity index (χ0) is 64.0. The Morgan fingerprint density at radius 1 is 0.370 bits per heavy atom. The number of pyridine rings is 1. The number of oxazole rings is 2. The fourth-order valence-corrected chi connectivity index (χ4v) is 6.68. The normalized spacial score (nSPS) is 6.65. The van der Waals surface area contributed by atoms with Gasteiger partial charge in [0.25, 0.3) is 5.82 Å². The van der Waals surface area contributed by atoms with Crippen LogP contribution in [-0.4, -0.2) is 9.13 Å². The van der Waals surface area contributed by atoms with E-state index in [1.165, 1.54) is 59.9 Å². The SMILES string of the molecule is C.C.C.C.C.C.C.C.CC.CC.CC.CC.CC(C)C.CC(C)C.CCC.CCC.CCC.CCC.CCc1c(C)n(C)c(CC)[n+]1C.CCc1oc(C)c(CC)[n+]1C.[CH2-]c1c(C)oc(CC(C)C)[n+]1C.[CH2-]c1c2cccc[n+]2c(CC(C)C)n1C.[CH3-].[CH3-].[CH3-].[CH3-].[CH3-].[CH3-].[CH3-].[CH3-].[CH3-].[CH3-].[Y+3].[Y+3].[Y+3].[Y+3].[Y].[Y].[Y].[Y].[Y].[Y].[Y].[Y]. The Labute approximate surface area is 1000 Å². The number of aryl methyl sites for hydroxylation is 3. The second-order valence-electron chi connectivity index (χ2n) is 20.5. The van der Waals surface area contributed by atoms with Gasteiger partial charge in [0.2, 0.25) is 11.5 Å². The topological polar surface area (TPSA) is 51.9 Å². The molecule has 108 heavy (non-hydrogen) atoms. The van der Waals surface area contributed by atoms with Crippen molar-refractivity contribution in [3.05, 3.63) is 176 Å². The molecule has 634 valence electrons. The van der Waals surface area contributed by atoms with Crippen molar-refractivity contribution >= 4 is 5.52 Å². The molecule has 0 spiro atoms. The summed E-state index contributed by atoms with van der Waals surface area (Å²) < 4.78 is 24.3. The molecule has 0 atom stereocenters. The summed E-state index contributed by atoms with van der Waals surface area (Å²) in [7, 11) is 10.5. The zero-order valence-corrected chi connectivity index (χ0v) is 112. The summed E-state index contributed by atoms with van der Waals surface area (Å²) in [5.74, 6) is 9.76. The molecule has 0 aliphatic heterocycles. The Morgan fingerprint density at radius 3 is 0.824 bits per heavy atom. The molecule has 0 fully saturated rings. The summed E-state index contributed by atoms with van der Waals surface area (Å²) in [5.41, 5.74) is 7.43. The van der Waals surface area contributed by atoms with Crippen molar-refractivity contribution in [1.29, 1.82) is 0 Å². The second kappa shape index (κ2) is 185. The number of aromatic nitrogens is 6. The van der Waals surface area contributed by atoms with E-state index in [-0.39, 0.29) is 526 Å². The predicted octanol–water partition coefficient (Wildman–Crippen LogP) is 29.4. The first kappa shape index (κ1) is 259. The van der Waals surface area contributed by atoms with Crippen LogP contribution in [0.4, 0.5) is 0 Å². The van der Waals surface area contributed by atoms with E-state index in [0.29, 0.717) is 11.8 Å². The third-order valence-corrected chi connectivity index (χ3v) is 9.70. The van der Waals surface area contributed by atoms with Gasteiger partial charge in [-0.3, -0.25) is 8.97 Å². The van der Waals surface area contributed by atoms with Crippen molar-refractivity contribution in [3.8, 4) is 0 Å². The zero-order valence-electron chi connectivity index (χ0n) is 77.5. The molecule has 0 amide bonds. The first-order valence-electron chi connectivity index (χ1n) is 31.7. The number of fused-ring (bicyclic) bond motifs is 1. The van der Waals surface area contributed by atoms with E-state index in [1.54, 1.807) is 0 Å². The molecule has 5 aromatic heterocycles. The minimum Gasteiger partial charge on any atom is -0.500 e. The van der Waals surface area contributed by atoms with E-state index < -0.39 is 0 Å². The molecule has 0 saturated heterocycles. The van der Waals surface area contributed by atoms with E-state index in [0.717, 1.165) is 85.1 Å². The third-order valence-electron chi connectivity index (χ3n) is 9.70. The molecule has 0 saturated carbocycles. The van der Waals surface area contributed by atoms with Gasteiger partial charge in [0.1, 0.15) is 25.5 Å². The molecule has 8 radical (unpaired) electrons. The van der Waals surface area contributed by atoms with Crippen LogP contribution in [0.25, 0.3) is 5.52 Å². The first-order chi connectivity index (χ1) is 36.6.